The summed E-state index contributed by atoms with van der Waals surface area (Å²) in [5, 5.41) is 3.87. The van der Waals surface area contributed by atoms with Gasteiger partial charge in [-0.2, -0.15) is 4.98 Å². The van der Waals surface area contributed by atoms with E-state index in [2.05, 4.69) is 15.1 Å². The van der Waals surface area contributed by atoms with Crippen LogP contribution in [0, 0.1) is 0 Å². The van der Waals surface area contributed by atoms with E-state index < -0.39 is 0 Å². The molecule has 2 N–H and O–H groups in total. The van der Waals surface area contributed by atoms with Crippen LogP contribution in [0.25, 0.3) is 11.3 Å². The van der Waals surface area contributed by atoms with E-state index in [-0.39, 0.29) is 12.5 Å². The summed E-state index contributed by atoms with van der Waals surface area (Å²) in [6.07, 6.45) is 0.567. The van der Waals surface area contributed by atoms with E-state index in [9.17, 15) is 4.79 Å². The fourth-order valence-electron chi connectivity index (χ4n) is 2.54. The van der Waals surface area contributed by atoms with Crippen LogP contribution in [0.5, 0.6) is 0 Å². The van der Waals surface area contributed by atoms with E-state index in [1.807, 2.05) is 24.3 Å². The van der Waals surface area contributed by atoms with Gasteiger partial charge in [0.2, 0.25) is 5.89 Å². The van der Waals surface area contributed by atoms with Crippen LogP contribution in [0.15, 0.2) is 47.0 Å². The molecule has 0 saturated heterocycles. The van der Waals surface area contributed by atoms with Crippen molar-refractivity contribution in [1.29, 1.82) is 0 Å². The average molecular weight is 367 g/mol. The predicted molar refractivity (Wildman–Crippen MR) is 99.8 cm³/mol. The highest BCUT2D eigenvalue weighted by molar-refractivity contribution is 5.94. The molecule has 0 aliphatic rings. The number of nitrogen functional groups attached to an aromatic ring is 1. The van der Waals surface area contributed by atoms with Crippen LogP contribution in [0.2, 0.25) is 0 Å². The smallest absolute Gasteiger partial charge is 0.254 e. The first kappa shape index (κ1) is 18.5. The number of amides is 1. The summed E-state index contributed by atoms with van der Waals surface area (Å²) in [7, 11) is 3.30. The summed E-state index contributed by atoms with van der Waals surface area (Å²) in [5.74, 6) is 1.26. The number of methoxy groups -OCH3 is 1. The van der Waals surface area contributed by atoms with Gasteiger partial charge in [-0.3, -0.25) is 4.79 Å². The Morgan fingerprint density at radius 3 is 2.67 bits per heavy atom. The second-order valence-electron chi connectivity index (χ2n) is 6.03. The third kappa shape index (κ3) is 4.68. The van der Waals surface area contributed by atoms with Crippen molar-refractivity contribution in [2.75, 3.05) is 26.5 Å². The Kier molecular flexibility index (Phi) is 5.77. The number of aromatic nitrogens is 3. The number of anilines is 1. The highest BCUT2D eigenvalue weighted by atomic mass is 16.5. The number of hydrogen-bond acceptors (Lipinski definition) is 7. The Morgan fingerprint density at radius 2 is 1.96 bits per heavy atom. The summed E-state index contributed by atoms with van der Waals surface area (Å²) in [4.78, 5) is 22.7. The van der Waals surface area contributed by atoms with Gasteiger partial charge in [-0.05, 0) is 24.3 Å². The number of carbonyl (C=O) groups is 1. The van der Waals surface area contributed by atoms with Gasteiger partial charge in [0.25, 0.3) is 5.91 Å². The normalized spacial score (nSPS) is 10.7. The molecule has 8 heteroatoms. The third-order valence-electron chi connectivity index (χ3n) is 3.96. The molecule has 8 nitrogen and oxygen atoms in total. The lowest BCUT2D eigenvalue weighted by atomic mass is 10.1. The molecule has 1 aromatic carbocycles. The number of rotatable bonds is 7. The predicted octanol–water partition coefficient (Wildman–Crippen LogP) is 2.17. The van der Waals surface area contributed by atoms with Crippen molar-refractivity contribution >= 4 is 11.7 Å². The van der Waals surface area contributed by atoms with E-state index in [0.717, 1.165) is 11.3 Å². The molecule has 0 atom stereocenters. The molecular formula is C19H21N5O3. The first-order valence-electron chi connectivity index (χ1n) is 8.45. The van der Waals surface area contributed by atoms with Gasteiger partial charge in [-0.1, -0.05) is 23.4 Å². The topological polar surface area (TPSA) is 107 Å². The van der Waals surface area contributed by atoms with Crippen molar-refractivity contribution in [3.05, 3.63) is 59.7 Å². The van der Waals surface area contributed by atoms with E-state index in [4.69, 9.17) is 15.0 Å². The van der Waals surface area contributed by atoms with Crippen LogP contribution in [-0.2, 0) is 17.7 Å². The Labute approximate surface area is 157 Å². The molecule has 3 aromatic rings. The lowest BCUT2D eigenvalue weighted by Crippen LogP contribution is -2.26. The second-order valence-corrected chi connectivity index (χ2v) is 6.03. The van der Waals surface area contributed by atoms with Crippen molar-refractivity contribution in [3.8, 4) is 11.3 Å². The summed E-state index contributed by atoms with van der Waals surface area (Å²) in [5.41, 5.74) is 7.93. The monoisotopic (exact) mass is 367 g/mol. The van der Waals surface area contributed by atoms with Gasteiger partial charge in [0.05, 0.1) is 18.8 Å². The Bertz CT molecular complexity index is 908. The van der Waals surface area contributed by atoms with Crippen molar-refractivity contribution in [3.63, 3.8) is 0 Å². The van der Waals surface area contributed by atoms with Crippen LogP contribution in [0.4, 0.5) is 5.82 Å². The zero-order chi connectivity index (χ0) is 19.2. The maximum absolute atomic E-state index is 12.6. The van der Waals surface area contributed by atoms with Crippen molar-refractivity contribution in [1.82, 2.24) is 20.0 Å². The largest absolute Gasteiger partial charge is 0.384 e. The molecule has 2 heterocycles. The molecule has 0 fully saturated rings. The number of hydrogen-bond donors (Lipinski definition) is 1. The van der Waals surface area contributed by atoms with E-state index in [0.29, 0.717) is 36.1 Å². The summed E-state index contributed by atoms with van der Waals surface area (Å²) in [6.45, 7) is 0.749. The van der Waals surface area contributed by atoms with E-state index >= 15 is 0 Å². The number of ether oxygens (including phenoxy) is 1. The number of benzene rings is 1. The molecule has 0 bridgehead atoms. The van der Waals surface area contributed by atoms with Gasteiger partial charge in [0, 0.05) is 31.7 Å². The highest BCUT2D eigenvalue weighted by Gasteiger charge is 2.16. The average Bonchev–Trinajstić information content (AvgIpc) is 3.13. The van der Waals surface area contributed by atoms with E-state index in [1.165, 1.54) is 4.90 Å². The molecule has 3 rings (SSSR count). The van der Waals surface area contributed by atoms with Crippen LogP contribution in [-0.4, -0.2) is 46.7 Å². The Hall–Kier alpha value is -3.26. The molecule has 0 saturated carbocycles. The third-order valence-corrected chi connectivity index (χ3v) is 3.96. The van der Waals surface area contributed by atoms with Crippen LogP contribution >= 0.6 is 0 Å². The minimum absolute atomic E-state index is 0.140. The van der Waals surface area contributed by atoms with Crippen molar-refractivity contribution in [2.24, 2.45) is 0 Å². The fourth-order valence-corrected chi connectivity index (χ4v) is 2.54. The standard InChI is InChI=1S/C19H21N5O3/c1-24(12-18-22-17(23-27-18)10-11-26-2)19(25)14-8-6-13(7-9-14)15-4-3-5-16(20)21-15/h3-9H,10-12H2,1-2H3,(H2,20,21). The minimum Gasteiger partial charge on any atom is -0.384 e. The van der Waals surface area contributed by atoms with Gasteiger partial charge in [-0.15, -0.1) is 0 Å². The first-order valence-corrected chi connectivity index (χ1v) is 8.45. The van der Waals surface area contributed by atoms with Crippen molar-refractivity contribution in [2.45, 2.75) is 13.0 Å². The van der Waals surface area contributed by atoms with Gasteiger partial charge < -0.3 is 19.9 Å². The molecule has 0 radical (unpaired) electrons. The quantitative estimate of drug-likeness (QED) is 0.682. The van der Waals surface area contributed by atoms with Gasteiger partial charge in [0.1, 0.15) is 5.82 Å². The number of pyridine rings is 1. The Balaban J connectivity index is 1.65. The molecule has 140 valence electrons. The summed E-state index contributed by atoms with van der Waals surface area (Å²) in [6, 6.07) is 12.7. The van der Waals surface area contributed by atoms with Crippen molar-refractivity contribution < 1.29 is 14.1 Å². The van der Waals surface area contributed by atoms with Crippen LogP contribution in [0.1, 0.15) is 22.1 Å². The Morgan fingerprint density at radius 1 is 1.19 bits per heavy atom. The van der Waals surface area contributed by atoms with Gasteiger partial charge in [-0.25, -0.2) is 4.98 Å². The first-order chi connectivity index (χ1) is 13.1. The van der Waals surface area contributed by atoms with Crippen LogP contribution in [0.3, 0.4) is 0 Å². The lowest BCUT2D eigenvalue weighted by molar-refractivity contribution is 0.0769. The van der Waals surface area contributed by atoms with Crippen LogP contribution < -0.4 is 5.73 Å². The summed E-state index contributed by atoms with van der Waals surface area (Å²) >= 11 is 0. The van der Waals surface area contributed by atoms with E-state index in [1.54, 1.807) is 32.4 Å². The lowest BCUT2D eigenvalue weighted by Gasteiger charge is -2.15. The molecule has 0 aliphatic carbocycles. The number of nitrogens with zero attached hydrogens (tertiary/aromatic N) is 4. The zero-order valence-electron chi connectivity index (χ0n) is 15.3. The SMILES string of the molecule is COCCc1noc(CN(C)C(=O)c2ccc(-c3cccc(N)n3)cc2)n1. The maximum Gasteiger partial charge on any atom is 0.254 e. The molecule has 0 aliphatic heterocycles. The van der Waals surface area contributed by atoms with Gasteiger partial charge >= 0.3 is 0 Å². The molecule has 0 unspecified atom stereocenters. The maximum atomic E-state index is 12.6. The fraction of sp³-hybridized carbons (Fsp3) is 0.263. The molecule has 0 spiro atoms. The minimum atomic E-state index is -0.140. The summed E-state index contributed by atoms with van der Waals surface area (Å²) < 4.78 is 10.2. The zero-order valence-corrected chi connectivity index (χ0v) is 15.3. The number of nitrogens with two attached hydrogens (primary N) is 1. The molecule has 2 aromatic heterocycles. The second kappa shape index (κ2) is 8.41. The molecular weight excluding hydrogens is 346 g/mol. The van der Waals surface area contributed by atoms with Gasteiger partial charge in [0.15, 0.2) is 5.82 Å². The number of carbonyl (C=O) groups excluding carboxylic acids is 1. The molecule has 1 amide bonds. The molecule has 27 heavy (non-hydrogen) atoms. The highest BCUT2D eigenvalue weighted by Crippen LogP contribution is 2.19.